The molecule has 6 heteroatoms. The molecule has 0 radical (unpaired) electrons. The van der Waals surface area contributed by atoms with E-state index in [1.165, 1.54) is 11.8 Å². The summed E-state index contributed by atoms with van der Waals surface area (Å²) in [4.78, 5) is 10.4. The van der Waals surface area contributed by atoms with Crippen LogP contribution < -0.4 is 5.73 Å². The first-order valence-electron chi connectivity index (χ1n) is 4.89. The van der Waals surface area contributed by atoms with Gasteiger partial charge >= 0.3 is 5.97 Å². The molecule has 0 bridgehead atoms. The van der Waals surface area contributed by atoms with E-state index in [1.54, 1.807) is 0 Å². The average Bonchev–Trinajstić information content (AvgIpc) is 2.20. The Balaban J connectivity index is 3.33. The van der Waals surface area contributed by atoms with E-state index in [-0.39, 0.29) is 0 Å². The van der Waals surface area contributed by atoms with Crippen LogP contribution in [0.15, 0.2) is 0 Å². The van der Waals surface area contributed by atoms with Crippen LogP contribution in [0.5, 0.6) is 0 Å². The van der Waals surface area contributed by atoms with Gasteiger partial charge < -0.3 is 20.7 Å². The summed E-state index contributed by atoms with van der Waals surface area (Å²) < 4.78 is 5.03. The van der Waals surface area contributed by atoms with Crippen molar-refractivity contribution in [3.8, 4) is 0 Å². The highest BCUT2D eigenvalue weighted by atomic mass is 32.2. The number of aliphatic carboxylic acids is 1. The summed E-state index contributed by atoms with van der Waals surface area (Å²) >= 11 is 1.48. The zero-order valence-electron chi connectivity index (χ0n) is 8.89. The lowest BCUT2D eigenvalue weighted by atomic mass is 10.2. The number of nitrogens with two attached hydrogens (primary N) is 1. The highest BCUT2D eigenvalue weighted by molar-refractivity contribution is 7.99. The lowest BCUT2D eigenvalue weighted by molar-refractivity contribution is -0.138. The maximum atomic E-state index is 10.4. The van der Waals surface area contributed by atoms with Crippen LogP contribution >= 0.6 is 11.8 Å². The molecule has 15 heavy (non-hydrogen) atoms. The van der Waals surface area contributed by atoms with Gasteiger partial charge in [-0.2, -0.15) is 11.8 Å². The molecule has 0 rings (SSSR count). The average molecular weight is 237 g/mol. The molecule has 0 aromatic heterocycles. The Morgan fingerprint density at radius 3 is 2.80 bits per heavy atom. The lowest BCUT2D eigenvalue weighted by Crippen LogP contribution is -2.30. The summed E-state index contributed by atoms with van der Waals surface area (Å²) in [5, 5.41) is 17.9. The number of aliphatic hydroxyl groups excluding tert-OH is 1. The summed E-state index contributed by atoms with van der Waals surface area (Å²) in [7, 11) is 0. The monoisotopic (exact) mass is 237 g/mol. The van der Waals surface area contributed by atoms with Crippen LogP contribution in [0.2, 0.25) is 0 Å². The van der Waals surface area contributed by atoms with Crippen molar-refractivity contribution in [3.05, 3.63) is 0 Å². The standard InChI is InChI=1S/C9H19NO4S/c1-2-14-5-7(11)6-15-4-3-8(10)9(12)13/h7-8,11H,2-6,10H2,1H3,(H,12,13). The lowest BCUT2D eigenvalue weighted by Gasteiger charge is -2.10. The van der Waals surface area contributed by atoms with E-state index in [1.807, 2.05) is 6.92 Å². The smallest absolute Gasteiger partial charge is 0.320 e. The molecule has 0 aliphatic rings. The van der Waals surface area contributed by atoms with Gasteiger partial charge in [0.25, 0.3) is 0 Å². The van der Waals surface area contributed by atoms with Crippen molar-refractivity contribution in [2.24, 2.45) is 5.73 Å². The molecule has 0 aromatic rings. The predicted molar refractivity (Wildman–Crippen MR) is 60.1 cm³/mol. The largest absolute Gasteiger partial charge is 0.480 e. The Kier molecular flexibility index (Phi) is 8.79. The number of hydrogen-bond donors (Lipinski definition) is 3. The van der Waals surface area contributed by atoms with Gasteiger partial charge in [-0.1, -0.05) is 0 Å². The molecule has 0 spiro atoms. The third-order valence-corrected chi connectivity index (χ3v) is 2.86. The summed E-state index contributed by atoms with van der Waals surface area (Å²) in [5.41, 5.74) is 5.31. The molecule has 0 saturated heterocycles. The van der Waals surface area contributed by atoms with E-state index >= 15 is 0 Å². The second-order valence-electron chi connectivity index (χ2n) is 3.12. The topological polar surface area (TPSA) is 92.8 Å². The molecule has 0 heterocycles. The van der Waals surface area contributed by atoms with Gasteiger partial charge in [-0.3, -0.25) is 4.79 Å². The van der Waals surface area contributed by atoms with E-state index in [4.69, 9.17) is 15.6 Å². The summed E-state index contributed by atoms with van der Waals surface area (Å²) in [6.07, 6.45) is -0.0718. The van der Waals surface area contributed by atoms with Gasteiger partial charge in [0.2, 0.25) is 0 Å². The molecule has 0 aliphatic heterocycles. The quantitative estimate of drug-likeness (QED) is 0.486. The SMILES string of the molecule is CCOCC(O)CSCCC(N)C(=O)O. The Labute approximate surface area is 94.0 Å². The minimum atomic E-state index is -0.981. The van der Waals surface area contributed by atoms with Gasteiger partial charge in [-0.05, 0) is 19.1 Å². The van der Waals surface area contributed by atoms with E-state index < -0.39 is 18.1 Å². The third-order valence-electron chi connectivity index (χ3n) is 1.71. The van der Waals surface area contributed by atoms with Gasteiger partial charge in [0, 0.05) is 12.4 Å². The van der Waals surface area contributed by atoms with Crippen LogP contribution in [0.3, 0.4) is 0 Å². The van der Waals surface area contributed by atoms with Gasteiger partial charge in [-0.25, -0.2) is 0 Å². The number of carbonyl (C=O) groups is 1. The van der Waals surface area contributed by atoms with Crippen LogP contribution in [0.25, 0.3) is 0 Å². The molecule has 0 amide bonds. The summed E-state index contributed by atoms with van der Waals surface area (Å²) in [6.45, 7) is 2.78. The number of carboxylic acids is 1. The van der Waals surface area contributed by atoms with E-state index in [2.05, 4.69) is 0 Å². The van der Waals surface area contributed by atoms with Crippen molar-refractivity contribution in [2.45, 2.75) is 25.5 Å². The molecule has 0 aliphatic carbocycles. The number of hydrogen-bond acceptors (Lipinski definition) is 5. The fourth-order valence-corrected chi connectivity index (χ4v) is 1.81. The van der Waals surface area contributed by atoms with Crippen molar-refractivity contribution < 1.29 is 19.7 Å². The maximum absolute atomic E-state index is 10.4. The first-order chi connectivity index (χ1) is 7.07. The van der Waals surface area contributed by atoms with Crippen LogP contribution in [-0.4, -0.2) is 53.0 Å². The predicted octanol–water partition coefficient (Wildman–Crippen LogP) is -0.0810. The molecule has 5 nitrogen and oxygen atoms in total. The fourth-order valence-electron chi connectivity index (χ4n) is 0.855. The highest BCUT2D eigenvalue weighted by Gasteiger charge is 2.11. The molecule has 4 N–H and O–H groups in total. The van der Waals surface area contributed by atoms with E-state index in [0.29, 0.717) is 31.1 Å². The van der Waals surface area contributed by atoms with Gasteiger partial charge in [0.1, 0.15) is 6.04 Å². The van der Waals surface area contributed by atoms with Gasteiger partial charge in [0.15, 0.2) is 0 Å². The summed E-state index contributed by atoms with van der Waals surface area (Å²) in [5.74, 6) is 0.202. The van der Waals surface area contributed by atoms with Crippen LogP contribution in [0, 0.1) is 0 Å². The maximum Gasteiger partial charge on any atom is 0.320 e. The zero-order valence-corrected chi connectivity index (χ0v) is 9.70. The molecule has 2 unspecified atom stereocenters. The molecule has 0 aromatic carbocycles. The van der Waals surface area contributed by atoms with Crippen LogP contribution in [0.4, 0.5) is 0 Å². The number of ether oxygens (including phenoxy) is 1. The first kappa shape index (κ1) is 14.7. The third kappa shape index (κ3) is 8.68. The Hall–Kier alpha value is -0.300. The number of aliphatic hydroxyl groups is 1. The van der Waals surface area contributed by atoms with Crippen molar-refractivity contribution in [2.75, 3.05) is 24.7 Å². The second-order valence-corrected chi connectivity index (χ2v) is 4.27. The Morgan fingerprint density at radius 1 is 1.60 bits per heavy atom. The van der Waals surface area contributed by atoms with Crippen molar-refractivity contribution in [1.82, 2.24) is 0 Å². The zero-order chi connectivity index (χ0) is 11.7. The first-order valence-corrected chi connectivity index (χ1v) is 6.05. The van der Waals surface area contributed by atoms with Gasteiger partial charge in [-0.15, -0.1) is 0 Å². The molecule has 2 atom stereocenters. The molecule has 0 saturated carbocycles. The number of rotatable bonds is 9. The number of carboxylic acid groups (broad SMARTS) is 1. The van der Waals surface area contributed by atoms with Crippen molar-refractivity contribution >= 4 is 17.7 Å². The van der Waals surface area contributed by atoms with Gasteiger partial charge in [0.05, 0.1) is 12.7 Å². The van der Waals surface area contributed by atoms with E-state index in [9.17, 15) is 9.90 Å². The minimum absolute atomic E-state index is 0.328. The van der Waals surface area contributed by atoms with Crippen LogP contribution in [0.1, 0.15) is 13.3 Å². The highest BCUT2D eigenvalue weighted by Crippen LogP contribution is 2.06. The molecular formula is C9H19NO4S. The fraction of sp³-hybridized carbons (Fsp3) is 0.889. The number of thioether (sulfide) groups is 1. The van der Waals surface area contributed by atoms with E-state index in [0.717, 1.165) is 0 Å². The Bertz CT molecular complexity index is 179. The molecular weight excluding hydrogens is 218 g/mol. The van der Waals surface area contributed by atoms with Crippen molar-refractivity contribution in [3.63, 3.8) is 0 Å². The minimum Gasteiger partial charge on any atom is -0.480 e. The normalized spacial score (nSPS) is 14.9. The molecule has 0 fully saturated rings. The second kappa shape index (κ2) is 8.96. The summed E-state index contributed by atoms with van der Waals surface area (Å²) in [6, 6.07) is -0.804. The van der Waals surface area contributed by atoms with Crippen LogP contribution in [-0.2, 0) is 9.53 Å². The molecule has 90 valence electrons. The Morgan fingerprint density at radius 2 is 2.27 bits per heavy atom. The van der Waals surface area contributed by atoms with Crippen molar-refractivity contribution in [1.29, 1.82) is 0 Å².